The molecule has 130 valence electrons. The van der Waals surface area contributed by atoms with Crippen molar-refractivity contribution < 1.29 is 4.79 Å². The van der Waals surface area contributed by atoms with Gasteiger partial charge >= 0.3 is 5.69 Å². The molecule has 0 aliphatic heterocycles. The molecule has 0 bridgehead atoms. The molecule has 0 radical (unpaired) electrons. The van der Waals surface area contributed by atoms with Crippen LogP contribution in [0.4, 0.5) is 0 Å². The van der Waals surface area contributed by atoms with Gasteiger partial charge in [-0.25, -0.2) is 9.78 Å². The Morgan fingerprint density at radius 3 is 2.54 bits per heavy atom. The number of hydrogen-bond acceptors (Lipinski definition) is 4. The van der Waals surface area contributed by atoms with Crippen molar-refractivity contribution in [1.82, 2.24) is 24.0 Å². The molecule has 9 heteroatoms. The summed E-state index contributed by atoms with van der Waals surface area (Å²) in [6.07, 6.45) is 5.46. The van der Waals surface area contributed by atoms with E-state index in [1.54, 1.807) is 7.05 Å². The number of nitrogens with zero attached hydrogens (tertiary/aromatic N) is 4. The zero-order chi connectivity index (χ0) is 17.4. The summed E-state index contributed by atoms with van der Waals surface area (Å²) in [6, 6.07) is 0.201. The number of carbonyl (C=O) groups excluding carboxylic acids is 1. The van der Waals surface area contributed by atoms with Gasteiger partial charge in [-0.1, -0.05) is 19.3 Å². The topological polar surface area (TPSA) is 90.9 Å². The highest BCUT2D eigenvalue weighted by atomic mass is 79.9. The Kier molecular flexibility index (Phi) is 4.62. The monoisotopic (exact) mass is 397 g/mol. The van der Waals surface area contributed by atoms with Crippen molar-refractivity contribution in [2.24, 2.45) is 14.1 Å². The van der Waals surface area contributed by atoms with Crippen LogP contribution < -0.4 is 16.6 Å². The Bertz CT molecular complexity index is 904. The maximum Gasteiger partial charge on any atom is 0.332 e. The van der Waals surface area contributed by atoms with E-state index in [4.69, 9.17) is 0 Å². The van der Waals surface area contributed by atoms with E-state index in [0.717, 1.165) is 30.3 Å². The summed E-state index contributed by atoms with van der Waals surface area (Å²) in [6.45, 7) is -0.0129. The van der Waals surface area contributed by atoms with Gasteiger partial charge in [-0.05, 0) is 28.8 Å². The molecule has 1 fully saturated rings. The van der Waals surface area contributed by atoms with E-state index < -0.39 is 11.2 Å². The van der Waals surface area contributed by atoms with Gasteiger partial charge < -0.3 is 9.88 Å². The average molecular weight is 398 g/mol. The van der Waals surface area contributed by atoms with Gasteiger partial charge in [0.2, 0.25) is 5.91 Å². The maximum atomic E-state index is 12.4. The number of aromatic nitrogens is 4. The molecule has 0 aromatic carbocycles. The fraction of sp³-hybridized carbons (Fsp3) is 0.600. The number of halogens is 1. The van der Waals surface area contributed by atoms with Gasteiger partial charge in [-0.2, -0.15) is 0 Å². The molecule has 2 aromatic rings. The van der Waals surface area contributed by atoms with Crippen molar-refractivity contribution in [2.45, 2.75) is 44.7 Å². The van der Waals surface area contributed by atoms with Gasteiger partial charge in [0, 0.05) is 20.1 Å². The molecule has 8 nitrogen and oxygen atoms in total. The molecule has 1 aliphatic rings. The van der Waals surface area contributed by atoms with Crippen LogP contribution >= 0.6 is 15.9 Å². The quantitative estimate of drug-likeness (QED) is 0.769. The SMILES string of the molecule is Cn1c(=O)c2c(nc(Br)n2CC(=O)NC2CCCCC2)n(C)c1=O. The third-order valence-corrected chi connectivity index (χ3v) is 5.18. The summed E-state index contributed by atoms with van der Waals surface area (Å²) in [5.74, 6) is -0.155. The lowest BCUT2D eigenvalue weighted by atomic mass is 9.95. The standard InChI is InChI=1S/C15H20BrN5O3/c1-19-12-11(13(23)20(2)15(19)24)21(14(16)18-12)8-10(22)17-9-6-4-3-5-7-9/h9H,3-8H2,1-2H3,(H,17,22). The molecule has 0 atom stereocenters. The maximum absolute atomic E-state index is 12.4. The molecule has 0 saturated heterocycles. The first-order chi connectivity index (χ1) is 11.4. The van der Waals surface area contributed by atoms with Crippen molar-refractivity contribution in [1.29, 1.82) is 0 Å². The number of aryl methyl sites for hydroxylation is 1. The van der Waals surface area contributed by atoms with Crippen LogP contribution in [0.15, 0.2) is 14.3 Å². The second-order valence-electron chi connectivity index (χ2n) is 6.25. The summed E-state index contributed by atoms with van der Waals surface area (Å²) in [4.78, 5) is 41.0. The van der Waals surface area contributed by atoms with Crippen molar-refractivity contribution in [3.05, 3.63) is 25.6 Å². The largest absolute Gasteiger partial charge is 0.352 e. The van der Waals surface area contributed by atoms with Crippen LogP contribution in [0.2, 0.25) is 0 Å². The molecule has 0 unspecified atom stereocenters. The third-order valence-electron chi connectivity index (χ3n) is 4.57. The number of fused-ring (bicyclic) bond motifs is 1. The molecule has 1 aliphatic carbocycles. The van der Waals surface area contributed by atoms with E-state index in [1.807, 2.05) is 0 Å². The van der Waals surface area contributed by atoms with E-state index in [9.17, 15) is 14.4 Å². The molecule has 1 N–H and O–H groups in total. The summed E-state index contributed by atoms with van der Waals surface area (Å²) in [7, 11) is 2.97. The predicted octanol–water partition coefficient (Wildman–Crippen LogP) is 0.645. The number of imidazole rings is 1. The van der Waals surface area contributed by atoms with Crippen LogP contribution in [-0.2, 0) is 25.4 Å². The Labute approximate surface area is 146 Å². The minimum atomic E-state index is -0.461. The van der Waals surface area contributed by atoms with E-state index >= 15 is 0 Å². The fourth-order valence-corrected chi connectivity index (χ4v) is 3.70. The van der Waals surface area contributed by atoms with Crippen LogP contribution in [-0.4, -0.2) is 30.6 Å². The molecular weight excluding hydrogens is 378 g/mol. The van der Waals surface area contributed by atoms with Crippen LogP contribution in [0.1, 0.15) is 32.1 Å². The highest BCUT2D eigenvalue weighted by molar-refractivity contribution is 9.10. The molecule has 3 rings (SSSR count). The molecule has 1 saturated carbocycles. The van der Waals surface area contributed by atoms with Crippen molar-refractivity contribution in [3.63, 3.8) is 0 Å². The molecule has 1 amide bonds. The zero-order valence-corrected chi connectivity index (χ0v) is 15.3. The first-order valence-electron chi connectivity index (χ1n) is 8.01. The first-order valence-corrected chi connectivity index (χ1v) is 8.80. The van der Waals surface area contributed by atoms with Gasteiger partial charge in [0.15, 0.2) is 15.9 Å². The highest BCUT2D eigenvalue weighted by Crippen LogP contribution is 2.18. The highest BCUT2D eigenvalue weighted by Gasteiger charge is 2.21. The number of nitrogens with one attached hydrogen (secondary N) is 1. The van der Waals surface area contributed by atoms with Crippen molar-refractivity contribution in [2.75, 3.05) is 0 Å². The van der Waals surface area contributed by atoms with E-state index in [0.29, 0.717) is 4.73 Å². The lowest BCUT2D eigenvalue weighted by Crippen LogP contribution is -2.40. The minimum absolute atomic E-state index is 0.0129. The zero-order valence-electron chi connectivity index (χ0n) is 13.7. The van der Waals surface area contributed by atoms with Crippen LogP contribution in [0.5, 0.6) is 0 Å². The summed E-state index contributed by atoms with van der Waals surface area (Å²) in [5, 5.41) is 3.02. The van der Waals surface area contributed by atoms with Gasteiger partial charge in [0.05, 0.1) is 0 Å². The number of rotatable bonds is 3. The molecule has 2 aromatic heterocycles. The first kappa shape index (κ1) is 16.9. The van der Waals surface area contributed by atoms with Crippen LogP contribution in [0, 0.1) is 0 Å². The fourth-order valence-electron chi connectivity index (χ4n) is 3.23. The normalized spacial score (nSPS) is 15.8. The van der Waals surface area contributed by atoms with Crippen molar-refractivity contribution in [3.8, 4) is 0 Å². The molecule has 24 heavy (non-hydrogen) atoms. The summed E-state index contributed by atoms with van der Waals surface area (Å²) < 4.78 is 4.19. The Morgan fingerprint density at radius 2 is 1.88 bits per heavy atom. The smallest absolute Gasteiger partial charge is 0.332 e. The Morgan fingerprint density at radius 1 is 1.21 bits per heavy atom. The van der Waals surface area contributed by atoms with Crippen molar-refractivity contribution >= 4 is 33.0 Å². The third kappa shape index (κ3) is 2.92. The summed E-state index contributed by atoms with van der Waals surface area (Å²) >= 11 is 3.29. The number of amides is 1. The number of hydrogen-bond donors (Lipinski definition) is 1. The Balaban J connectivity index is 1.95. The summed E-state index contributed by atoms with van der Waals surface area (Å²) in [5.41, 5.74) is -0.404. The minimum Gasteiger partial charge on any atom is -0.352 e. The predicted molar refractivity (Wildman–Crippen MR) is 92.9 cm³/mol. The average Bonchev–Trinajstić information content (AvgIpc) is 2.88. The van der Waals surface area contributed by atoms with Gasteiger partial charge in [-0.3, -0.25) is 18.7 Å². The van der Waals surface area contributed by atoms with E-state index in [2.05, 4.69) is 26.2 Å². The lowest BCUT2D eigenvalue weighted by Gasteiger charge is -2.22. The van der Waals surface area contributed by atoms with Gasteiger partial charge in [0.25, 0.3) is 5.56 Å². The number of carbonyl (C=O) groups is 1. The van der Waals surface area contributed by atoms with Crippen LogP contribution in [0.3, 0.4) is 0 Å². The van der Waals surface area contributed by atoms with E-state index in [-0.39, 0.29) is 29.7 Å². The van der Waals surface area contributed by atoms with Gasteiger partial charge in [0.1, 0.15) is 6.54 Å². The Hall–Kier alpha value is -1.90. The van der Waals surface area contributed by atoms with Crippen LogP contribution in [0.25, 0.3) is 11.2 Å². The second-order valence-corrected chi connectivity index (χ2v) is 6.96. The second kappa shape index (κ2) is 6.54. The van der Waals surface area contributed by atoms with E-state index in [1.165, 1.54) is 22.6 Å². The molecule has 0 spiro atoms. The lowest BCUT2D eigenvalue weighted by molar-refractivity contribution is -0.122. The molecular formula is C15H20BrN5O3. The molecule has 2 heterocycles. The van der Waals surface area contributed by atoms with Gasteiger partial charge in [-0.15, -0.1) is 0 Å².